The SMILES string of the molecule is CCNC(=O)[C@@H]1C[C@H](N(C2CCC(C)(C)CC2)S(C)(=O)=O)C[N+]1(C)C(=O)[C@@H]1CN(C(C)(C)C)C[C@H]1c1ccc(Cl)cc1. The number of likely N-dealkylation sites (N-methyl/N-ethyl adjacent to an activating group) is 2. The van der Waals surface area contributed by atoms with Gasteiger partial charge < -0.3 is 5.32 Å². The maximum Gasteiger partial charge on any atom is 0.319 e. The predicted molar refractivity (Wildman–Crippen MR) is 169 cm³/mol. The van der Waals surface area contributed by atoms with E-state index in [-0.39, 0.29) is 45.1 Å². The lowest BCUT2D eigenvalue weighted by Gasteiger charge is -2.41. The van der Waals surface area contributed by atoms with Gasteiger partial charge in [0.2, 0.25) is 10.0 Å². The van der Waals surface area contributed by atoms with Gasteiger partial charge >= 0.3 is 5.91 Å². The molecule has 2 heterocycles. The van der Waals surface area contributed by atoms with Crippen LogP contribution < -0.4 is 5.32 Å². The Balaban J connectivity index is 1.71. The highest BCUT2D eigenvalue weighted by molar-refractivity contribution is 7.88. The van der Waals surface area contributed by atoms with E-state index >= 15 is 0 Å². The van der Waals surface area contributed by atoms with Gasteiger partial charge in [0.15, 0.2) is 6.04 Å². The van der Waals surface area contributed by atoms with Crippen molar-refractivity contribution in [2.45, 2.75) is 103 Å². The third kappa shape index (κ3) is 6.90. The van der Waals surface area contributed by atoms with Crippen LogP contribution in [0.4, 0.5) is 0 Å². The van der Waals surface area contributed by atoms with Crippen molar-refractivity contribution < 1.29 is 22.5 Å². The van der Waals surface area contributed by atoms with Gasteiger partial charge in [0.25, 0.3) is 5.91 Å². The summed E-state index contributed by atoms with van der Waals surface area (Å²) in [6.45, 7) is 14.9. The van der Waals surface area contributed by atoms with Gasteiger partial charge in [-0.25, -0.2) is 13.2 Å². The van der Waals surface area contributed by atoms with Gasteiger partial charge in [-0.15, -0.1) is 0 Å². The fourth-order valence-electron chi connectivity index (χ4n) is 7.72. The molecule has 1 aromatic rings. The first kappa shape index (κ1) is 33.4. The molecule has 3 aliphatic rings. The van der Waals surface area contributed by atoms with Gasteiger partial charge in [0.05, 0.1) is 25.3 Å². The zero-order valence-corrected chi connectivity index (χ0v) is 28.4. The maximum absolute atomic E-state index is 14.9. The molecule has 1 unspecified atom stereocenters. The summed E-state index contributed by atoms with van der Waals surface area (Å²) >= 11 is 6.21. The minimum absolute atomic E-state index is 0.0127. The first-order chi connectivity index (χ1) is 19.4. The van der Waals surface area contributed by atoms with Crippen LogP contribution in [0.15, 0.2) is 24.3 Å². The van der Waals surface area contributed by atoms with Crippen molar-refractivity contribution in [1.82, 2.24) is 14.5 Å². The van der Waals surface area contributed by atoms with Gasteiger partial charge in [-0.3, -0.25) is 14.2 Å². The molecular weight excluding hydrogens is 572 g/mol. The number of benzene rings is 1. The molecule has 1 aromatic carbocycles. The van der Waals surface area contributed by atoms with Crippen molar-refractivity contribution in [1.29, 1.82) is 0 Å². The Morgan fingerprint density at radius 2 is 1.69 bits per heavy atom. The second-order valence-corrected chi connectivity index (χ2v) is 17.2. The smallest absolute Gasteiger partial charge is 0.319 e. The van der Waals surface area contributed by atoms with Crippen molar-refractivity contribution in [3.63, 3.8) is 0 Å². The summed E-state index contributed by atoms with van der Waals surface area (Å²) in [6, 6.07) is 6.57. The fraction of sp³-hybridized carbons (Fsp3) is 0.750. The summed E-state index contributed by atoms with van der Waals surface area (Å²) in [6.07, 6.45) is 5.11. The number of hydrogen-bond acceptors (Lipinski definition) is 5. The Morgan fingerprint density at radius 3 is 2.21 bits per heavy atom. The molecule has 0 aromatic heterocycles. The van der Waals surface area contributed by atoms with Crippen LogP contribution in [0.1, 0.15) is 85.1 Å². The molecule has 0 spiro atoms. The molecule has 2 saturated heterocycles. The molecule has 236 valence electrons. The van der Waals surface area contributed by atoms with Gasteiger partial charge in [-0.1, -0.05) is 37.6 Å². The van der Waals surface area contributed by atoms with E-state index < -0.39 is 22.1 Å². The minimum Gasteiger partial charge on any atom is -0.351 e. The first-order valence-electron chi connectivity index (χ1n) is 15.5. The van der Waals surface area contributed by atoms with Crippen LogP contribution in [0, 0.1) is 11.3 Å². The third-order valence-electron chi connectivity index (χ3n) is 10.2. The number of hydrogen-bond donors (Lipinski definition) is 1. The first-order valence-corrected chi connectivity index (χ1v) is 17.8. The highest BCUT2D eigenvalue weighted by Crippen LogP contribution is 2.43. The summed E-state index contributed by atoms with van der Waals surface area (Å²) in [5.41, 5.74) is 1.12. The maximum atomic E-state index is 14.9. The van der Waals surface area contributed by atoms with E-state index in [1.807, 2.05) is 38.2 Å². The normalized spacial score (nSPS) is 31.0. The zero-order chi connectivity index (χ0) is 31.3. The molecule has 1 saturated carbocycles. The topological polar surface area (TPSA) is 86.8 Å². The monoisotopic (exact) mass is 623 g/mol. The number of quaternary nitrogens is 1. The van der Waals surface area contributed by atoms with E-state index in [1.54, 1.807) is 4.31 Å². The van der Waals surface area contributed by atoms with Crippen molar-refractivity contribution in [2.75, 3.05) is 39.5 Å². The van der Waals surface area contributed by atoms with Crippen LogP contribution in [-0.2, 0) is 19.6 Å². The van der Waals surface area contributed by atoms with Gasteiger partial charge in [0.1, 0.15) is 6.54 Å². The molecule has 3 fully saturated rings. The fourth-order valence-corrected chi connectivity index (χ4v) is 9.29. The van der Waals surface area contributed by atoms with Crippen LogP contribution >= 0.6 is 11.6 Å². The Kier molecular flexibility index (Phi) is 9.62. The zero-order valence-electron chi connectivity index (χ0n) is 26.8. The van der Waals surface area contributed by atoms with Crippen LogP contribution in [0.3, 0.4) is 0 Å². The lowest BCUT2D eigenvalue weighted by atomic mass is 9.75. The summed E-state index contributed by atoms with van der Waals surface area (Å²) < 4.78 is 28.3. The van der Waals surface area contributed by atoms with Crippen LogP contribution in [0.5, 0.6) is 0 Å². The summed E-state index contributed by atoms with van der Waals surface area (Å²) in [5.74, 6) is -0.556. The lowest BCUT2D eigenvalue weighted by Crippen LogP contribution is -2.61. The Labute approximate surface area is 258 Å². The summed E-state index contributed by atoms with van der Waals surface area (Å²) in [5, 5.41) is 3.61. The van der Waals surface area contributed by atoms with E-state index in [9.17, 15) is 18.0 Å². The molecule has 10 heteroatoms. The van der Waals surface area contributed by atoms with E-state index in [0.717, 1.165) is 37.8 Å². The summed E-state index contributed by atoms with van der Waals surface area (Å²) in [4.78, 5) is 30.8. The molecule has 1 N–H and O–H groups in total. The molecule has 5 atom stereocenters. The average molecular weight is 624 g/mol. The quantitative estimate of drug-likeness (QED) is 0.448. The van der Waals surface area contributed by atoms with Crippen molar-refractivity contribution in [3.8, 4) is 0 Å². The second kappa shape index (κ2) is 12.1. The van der Waals surface area contributed by atoms with Crippen molar-refractivity contribution in [2.24, 2.45) is 11.3 Å². The number of likely N-dealkylation sites (tertiary alicyclic amines) is 2. The number of carbonyl (C=O) groups is 2. The second-order valence-electron chi connectivity index (χ2n) is 14.9. The molecule has 0 radical (unpaired) electrons. The number of carbonyl (C=O) groups excluding carboxylic acids is 2. The highest BCUT2D eigenvalue weighted by atomic mass is 35.5. The van der Waals surface area contributed by atoms with Gasteiger partial charge in [-0.05, 0) is 76.5 Å². The molecule has 2 amide bonds. The molecule has 1 aliphatic carbocycles. The number of halogens is 1. The molecular formula is C32H52ClN4O4S+. The molecule has 8 nitrogen and oxygen atoms in total. The lowest BCUT2D eigenvalue weighted by molar-refractivity contribution is -0.840. The minimum atomic E-state index is -3.57. The van der Waals surface area contributed by atoms with Crippen molar-refractivity contribution in [3.05, 3.63) is 34.9 Å². The number of amides is 2. The van der Waals surface area contributed by atoms with Crippen molar-refractivity contribution >= 4 is 33.4 Å². The van der Waals surface area contributed by atoms with E-state index in [1.165, 1.54) is 6.26 Å². The number of nitrogens with one attached hydrogen (secondary N) is 1. The molecule has 0 bridgehead atoms. The highest BCUT2D eigenvalue weighted by Gasteiger charge is 2.59. The largest absolute Gasteiger partial charge is 0.351 e. The van der Waals surface area contributed by atoms with Crippen LogP contribution in [0.25, 0.3) is 0 Å². The van der Waals surface area contributed by atoms with Gasteiger partial charge in [-0.2, -0.15) is 4.31 Å². The number of rotatable bonds is 7. The molecule has 4 rings (SSSR count). The van der Waals surface area contributed by atoms with Crippen LogP contribution in [0.2, 0.25) is 5.02 Å². The Hall–Kier alpha value is -1.52. The number of nitrogens with zero attached hydrogens (tertiary/aromatic N) is 3. The van der Waals surface area contributed by atoms with E-state index in [2.05, 4.69) is 44.8 Å². The molecule has 42 heavy (non-hydrogen) atoms. The number of sulfonamides is 1. The standard InChI is InChI=1S/C32H51ClN4O4S/c1-9-34-29(38)28-18-25(36(42(8,40)41)24-14-16-32(5,6)17-15-24)21-37(28,7)30(39)27-20-35(31(2,3)4)19-26(27)22-10-12-23(33)13-11-22/h10-13,24-28H,9,14-21H2,1-8H3/p+1/t25-,26-,27+,28-,37?/m0/s1. The predicted octanol–water partition coefficient (Wildman–Crippen LogP) is 4.63. The van der Waals surface area contributed by atoms with Gasteiger partial charge in [0, 0.05) is 48.6 Å². The average Bonchev–Trinajstić information content (AvgIpc) is 3.47. The van der Waals surface area contributed by atoms with E-state index in [0.29, 0.717) is 31.1 Å². The third-order valence-corrected chi connectivity index (χ3v) is 11.8. The Morgan fingerprint density at radius 1 is 1.10 bits per heavy atom. The van der Waals surface area contributed by atoms with E-state index in [4.69, 9.17) is 11.6 Å². The Bertz CT molecular complexity index is 1250. The van der Waals surface area contributed by atoms with Crippen LogP contribution in [-0.4, -0.2) is 97.1 Å². The molecule has 2 aliphatic heterocycles. The summed E-state index contributed by atoms with van der Waals surface area (Å²) in [7, 11) is -1.70.